The molecule has 114 valence electrons. The molecule has 0 amide bonds. The summed E-state index contributed by atoms with van der Waals surface area (Å²) in [6.45, 7) is 4.11. The van der Waals surface area contributed by atoms with Gasteiger partial charge in [-0.25, -0.2) is 4.98 Å². The number of nitrogen functional groups attached to an aromatic ring is 1. The highest BCUT2D eigenvalue weighted by molar-refractivity contribution is 7.18. The molecule has 3 heterocycles. The summed E-state index contributed by atoms with van der Waals surface area (Å²) in [6.07, 6.45) is 1.86. The van der Waals surface area contributed by atoms with E-state index in [1.165, 1.54) is 4.88 Å². The van der Waals surface area contributed by atoms with Gasteiger partial charge in [-0.05, 0) is 12.5 Å². The number of anilines is 2. The van der Waals surface area contributed by atoms with Gasteiger partial charge in [-0.3, -0.25) is 0 Å². The van der Waals surface area contributed by atoms with Gasteiger partial charge in [0.1, 0.15) is 16.2 Å². The topological polar surface area (TPSA) is 82.3 Å². The normalized spacial score (nSPS) is 22.0. The van der Waals surface area contributed by atoms with Gasteiger partial charge < -0.3 is 20.5 Å². The number of thiophene rings is 1. The van der Waals surface area contributed by atoms with Crippen molar-refractivity contribution < 1.29 is 9.47 Å². The minimum atomic E-state index is -0.282. The zero-order chi connectivity index (χ0) is 14.9. The predicted molar refractivity (Wildman–Crippen MR) is 84.9 cm³/mol. The lowest BCUT2D eigenvalue weighted by Crippen LogP contribution is -2.39. The molecule has 0 saturated carbocycles. The van der Waals surface area contributed by atoms with Crippen LogP contribution in [-0.2, 0) is 15.9 Å². The van der Waals surface area contributed by atoms with Crippen molar-refractivity contribution in [3.63, 3.8) is 0 Å². The summed E-state index contributed by atoms with van der Waals surface area (Å²) < 4.78 is 11.1. The third-order valence-electron chi connectivity index (χ3n) is 3.89. The number of nitrogens with one attached hydrogen (secondary N) is 1. The number of hydrogen-bond donors (Lipinski definition) is 2. The second-order valence-electron chi connectivity index (χ2n) is 5.26. The van der Waals surface area contributed by atoms with Crippen LogP contribution in [0, 0.1) is 0 Å². The minimum absolute atomic E-state index is 0.282. The van der Waals surface area contributed by atoms with Crippen molar-refractivity contribution in [1.82, 2.24) is 9.97 Å². The van der Waals surface area contributed by atoms with E-state index in [2.05, 4.69) is 28.3 Å². The standard InChI is InChI=1S/C14H20N4O2S/c1-3-9-6-10-11(17-13(15)18-12(10)21-9)16-7-14(19-2)4-5-20-8-14/h6H,3-5,7-8H2,1-2H3,(H3,15,16,17,18). The summed E-state index contributed by atoms with van der Waals surface area (Å²) in [6, 6.07) is 2.13. The van der Waals surface area contributed by atoms with Gasteiger partial charge in [-0.2, -0.15) is 4.98 Å². The van der Waals surface area contributed by atoms with E-state index in [-0.39, 0.29) is 5.60 Å². The summed E-state index contributed by atoms with van der Waals surface area (Å²) in [7, 11) is 1.72. The van der Waals surface area contributed by atoms with E-state index in [0.29, 0.717) is 19.1 Å². The van der Waals surface area contributed by atoms with E-state index in [1.54, 1.807) is 18.4 Å². The molecule has 0 aliphatic carbocycles. The monoisotopic (exact) mass is 308 g/mol. The summed E-state index contributed by atoms with van der Waals surface area (Å²) >= 11 is 1.66. The first kappa shape index (κ1) is 14.5. The minimum Gasteiger partial charge on any atom is -0.378 e. The van der Waals surface area contributed by atoms with Gasteiger partial charge in [0, 0.05) is 31.6 Å². The van der Waals surface area contributed by atoms with Crippen LogP contribution in [0.1, 0.15) is 18.2 Å². The number of aryl methyl sites for hydroxylation is 1. The van der Waals surface area contributed by atoms with Crippen LogP contribution in [-0.4, -0.2) is 42.4 Å². The molecule has 1 aliphatic rings. The van der Waals surface area contributed by atoms with E-state index < -0.39 is 0 Å². The van der Waals surface area contributed by atoms with Crippen molar-refractivity contribution in [2.24, 2.45) is 0 Å². The Morgan fingerprint density at radius 3 is 3.05 bits per heavy atom. The number of fused-ring (bicyclic) bond motifs is 1. The lowest BCUT2D eigenvalue weighted by atomic mass is 10.0. The summed E-state index contributed by atoms with van der Waals surface area (Å²) in [5.41, 5.74) is 5.53. The first-order chi connectivity index (χ1) is 10.2. The third kappa shape index (κ3) is 2.81. The molecule has 2 aromatic rings. The summed E-state index contributed by atoms with van der Waals surface area (Å²) in [5.74, 6) is 1.07. The predicted octanol–water partition coefficient (Wildman–Crippen LogP) is 2.05. The number of nitrogens with zero attached hydrogens (tertiary/aromatic N) is 2. The number of hydrogen-bond acceptors (Lipinski definition) is 7. The second kappa shape index (κ2) is 5.75. The van der Waals surface area contributed by atoms with E-state index in [4.69, 9.17) is 15.2 Å². The largest absolute Gasteiger partial charge is 0.378 e. The molecule has 3 N–H and O–H groups in total. The fraction of sp³-hybridized carbons (Fsp3) is 0.571. The molecule has 1 saturated heterocycles. The Bertz CT molecular complexity index is 637. The molecule has 21 heavy (non-hydrogen) atoms. The maximum absolute atomic E-state index is 5.81. The van der Waals surface area contributed by atoms with Crippen LogP contribution in [0.2, 0.25) is 0 Å². The maximum atomic E-state index is 5.81. The molecule has 1 atom stereocenters. The lowest BCUT2D eigenvalue weighted by Gasteiger charge is -2.26. The molecule has 0 bridgehead atoms. The van der Waals surface area contributed by atoms with Crippen LogP contribution in [0.3, 0.4) is 0 Å². The van der Waals surface area contributed by atoms with E-state index in [1.807, 2.05) is 0 Å². The first-order valence-electron chi connectivity index (χ1n) is 7.08. The quantitative estimate of drug-likeness (QED) is 0.880. The smallest absolute Gasteiger partial charge is 0.223 e. The van der Waals surface area contributed by atoms with Crippen molar-refractivity contribution in [2.75, 3.05) is 37.9 Å². The molecule has 6 nitrogen and oxygen atoms in total. The Hall–Kier alpha value is -1.44. The molecular formula is C14H20N4O2S. The molecule has 7 heteroatoms. The lowest BCUT2D eigenvalue weighted by molar-refractivity contribution is -0.00623. The number of nitrogens with two attached hydrogens (primary N) is 1. The van der Waals surface area contributed by atoms with Crippen LogP contribution in [0.15, 0.2) is 6.07 Å². The Morgan fingerprint density at radius 1 is 1.52 bits per heavy atom. The second-order valence-corrected chi connectivity index (χ2v) is 6.37. The fourth-order valence-electron chi connectivity index (χ4n) is 2.50. The maximum Gasteiger partial charge on any atom is 0.223 e. The van der Waals surface area contributed by atoms with Crippen LogP contribution in [0.5, 0.6) is 0 Å². The van der Waals surface area contributed by atoms with Crippen LogP contribution in [0.25, 0.3) is 10.2 Å². The molecule has 0 spiro atoms. The van der Waals surface area contributed by atoms with Gasteiger partial charge >= 0.3 is 0 Å². The average molecular weight is 308 g/mol. The van der Waals surface area contributed by atoms with E-state index >= 15 is 0 Å². The van der Waals surface area contributed by atoms with Gasteiger partial charge in [0.2, 0.25) is 5.95 Å². The molecule has 3 rings (SSSR count). The van der Waals surface area contributed by atoms with Crippen molar-refractivity contribution in [3.05, 3.63) is 10.9 Å². The fourth-order valence-corrected chi connectivity index (χ4v) is 3.48. The summed E-state index contributed by atoms with van der Waals surface area (Å²) in [5, 5.41) is 4.39. The zero-order valence-corrected chi connectivity index (χ0v) is 13.1. The van der Waals surface area contributed by atoms with Crippen molar-refractivity contribution in [2.45, 2.75) is 25.4 Å². The highest BCUT2D eigenvalue weighted by atomic mass is 32.1. The molecule has 1 fully saturated rings. The number of rotatable bonds is 5. The Balaban J connectivity index is 1.87. The molecule has 0 radical (unpaired) electrons. The molecule has 1 aliphatic heterocycles. The third-order valence-corrected chi connectivity index (χ3v) is 5.06. The molecule has 1 unspecified atom stereocenters. The van der Waals surface area contributed by atoms with E-state index in [9.17, 15) is 0 Å². The Morgan fingerprint density at radius 2 is 2.38 bits per heavy atom. The van der Waals surface area contributed by atoms with Crippen LogP contribution < -0.4 is 11.1 Å². The first-order valence-corrected chi connectivity index (χ1v) is 7.90. The van der Waals surface area contributed by atoms with Gasteiger partial charge in [0.05, 0.1) is 12.0 Å². The molecule has 2 aromatic heterocycles. The number of aromatic nitrogens is 2. The average Bonchev–Trinajstić information content (AvgIpc) is 3.11. The Labute approximate surface area is 127 Å². The molecular weight excluding hydrogens is 288 g/mol. The van der Waals surface area contributed by atoms with Gasteiger partial charge in [0.15, 0.2) is 0 Å². The number of ether oxygens (including phenoxy) is 2. The van der Waals surface area contributed by atoms with Crippen molar-refractivity contribution in [1.29, 1.82) is 0 Å². The van der Waals surface area contributed by atoms with Crippen LogP contribution in [0.4, 0.5) is 11.8 Å². The SMILES string of the molecule is CCc1cc2c(NCC3(OC)CCOC3)nc(N)nc2s1. The summed E-state index contributed by atoms with van der Waals surface area (Å²) in [4.78, 5) is 10.9. The Kier molecular flexibility index (Phi) is 3.97. The highest BCUT2D eigenvalue weighted by Gasteiger charge is 2.35. The van der Waals surface area contributed by atoms with Crippen molar-refractivity contribution >= 4 is 33.3 Å². The van der Waals surface area contributed by atoms with Crippen LogP contribution >= 0.6 is 11.3 Å². The number of methoxy groups -OCH3 is 1. The van der Waals surface area contributed by atoms with E-state index in [0.717, 1.165) is 35.5 Å². The molecule has 0 aromatic carbocycles. The van der Waals surface area contributed by atoms with Gasteiger partial charge in [-0.1, -0.05) is 6.92 Å². The highest BCUT2D eigenvalue weighted by Crippen LogP contribution is 2.31. The zero-order valence-electron chi connectivity index (χ0n) is 12.3. The van der Waals surface area contributed by atoms with Gasteiger partial charge in [0.25, 0.3) is 0 Å². The van der Waals surface area contributed by atoms with Crippen molar-refractivity contribution in [3.8, 4) is 0 Å². The van der Waals surface area contributed by atoms with Gasteiger partial charge in [-0.15, -0.1) is 11.3 Å².